The number of ether oxygens (including phenoxy) is 1. The third kappa shape index (κ3) is 3.79. The van der Waals surface area contributed by atoms with E-state index in [2.05, 4.69) is 0 Å². The van der Waals surface area contributed by atoms with Crippen LogP contribution in [-0.4, -0.2) is 10.8 Å². The topological polar surface area (TPSA) is 72.9 Å². The second-order valence-electron chi connectivity index (χ2n) is 8.43. The Labute approximate surface area is 201 Å². The molecule has 0 aliphatic carbocycles. The van der Waals surface area contributed by atoms with Crippen molar-refractivity contribution in [3.63, 3.8) is 0 Å². The first kappa shape index (κ1) is 21.0. The van der Waals surface area contributed by atoms with Crippen LogP contribution in [0.3, 0.4) is 0 Å². The molecule has 0 saturated carbocycles. The molecule has 0 spiro atoms. The molecule has 0 bridgehead atoms. The average Bonchev–Trinajstić information content (AvgIpc) is 3.51. The van der Waals surface area contributed by atoms with Gasteiger partial charge in [0.2, 0.25) is 5.76 Å². The molecule has 5 aromatic rings. The van der Waals surface area contributed by atoms with Crippen LogP contribution in [0.4, 0.5) is 0 Å². The number of fused-ring (bicyclic) bond motifs is 2. The first-order valence-corrected chi connectivity index (χ1v) is 11.3. The minimum Gasteiger partial charge on any atom is -0.489 e. The molecule has 0 radical (unpaired) electrons. The Morgan fingerprint density at radius 2 is 1.60 bits per heavy atom. The minimum absolute atomic E-state index is 0.0784. The van der Waals surface area contributed by atoms with Gasteiger partial charge in [-0.2, -0.15) is 0 Å². The number of nitrogens with zero attached hydrogens (tertiary/aromatic N) is 1. The lowest BCUT2D eigenvalue weighted by molar-refractivity contribution is 0.0701. The molecule has 172 valence electrons. The van der Waals surface area contributed by atoms with Crippen molar-refractivity contribution in [2.45, 2.75) is 19.2 Å². The summed E-state index contributed by atoms with van der Waals surface area (Å²) in [6, 6.07) is 27.4. The Morgan fingerprint density at radius 1 is 0.829 bits per heavy atom. The van der Waals surface area contributed by atoms with E-state index in [0.29, 0.717) is 34.6 Å². The molecule has 1 unspecified atom stereocenters. The quantitative estimate of drug-likeness (QED) is 0.323. The molecule has 0 fully saturated rings. The lowest BCUT2D eigenvalue weighted by Gasteiger charge is -2.24. The monoisotopic (exact) mass is 463 g/mol. The zero-order valence-electron chi connectivity index (χ0n) is 18.7. The molecule has 6 rings (SSSR count). The van der Waals surface area contributed by atoms with Gasteiger partial charge < -0.3 is 18.5 Å². The van der Waals surface area contributed by atoms with Crippen LogP contribution in [0.5, 0.6) is 5.75 Å². The van der Waals surface area contributed by atoms with Gasteiger partial charge in [0.05, 0.1) is 29.8 Å². The standard InChI is InChI=1S/C29H21NO5/c31-27-23-10-4-5-11-24(23)35-28-25(27)26(30(29(28)32)17-22-9-6-16-33-22)20-12-14-21(15-13-20)34-18-19-7-2-1-3-8-19/h1-16,26H,17-18H2. The van der Waals surface area contributed by atoms with Gasteiger partial charge in [0.15, 0.2) is 5.43 Å². The SMILES string of the molecule is O=C1c2oc3ccccc3c(=O)c2C(c2ccc(OCc3ccccc3)cc2)N1Cc1ccco1. The van der Waals surface area contributed by atoms with Crippen LogP contribution in [0.2, 0.25) is 0 Å². The van der Waals surface area contributed by atoms with E-state index in [1.54, 1.807) is 47.6 Å². The number of carbonyl (C=O) groups excluding carboxylic acids is 1. The molecule has 6 nitrogen and oxygen atoms in total. The number of hydrogen-bond donors (Lipinski definition) is 0. The van der Waals surface area contributed by atoms with E-state index in [4.69, 9.17) is 13.6 Å². The Morgan fingerprint density at radius 3 is 2.37 bits per heavy atom. The summed E-state index contributed by atoms with van der Waals surface area (Å²) < 4.78 is 17.4. The fourth-order valence-electron chi connectivity index (χ4n) is 4.53. The second-order valence-corrected chi connectivity index (χ2v) is 8.43. The highest BCUT2D eigenvalue weighted by atomic mass is 16.5. The molecule has 1 aliphatic rings. The number of para-hydroxylation sites is 1. The molecule has 35 heavy (non-hydrogen) atoms. The third-order valence-electron chi connectivity index (χ3n) is 6.22. The molecule has 6 heteroatoms. The smallest absolute Gasteiger partial charge is 0.291 e. The van der Waals surface area contributed by atoms with Gasteiger partial charge >= 0.3 is 0 Å². The molecule has 0 N–H and O–H groups in total. The van der Waals surface area contributed by atoms with Crippen molar-refractivity contribution in [1.29, 1.82) is 0 Å². The molecule has 3 heterocycles. The predicted octanol–water partition coefficient (Wildman–Crippen LogP) is 5.71. The van der Waals surface area contributed by atoms with Crippen molar-refractivity contribution in [2.24, 2.45) is 0 Å². The summed E-state index contributed by atoms with van der Waals surface area (Å²) in [6.07, 6.45) is 1.56. The van der Waals surface area contributed by atoms with Crippen LogP contribution in [-0.2, 0) is 13.2 Å². The van der Waals surface area contributed by atoms with Crippen LogP contribution in [0.1, 0.15) is 39.0 Å². The van der Waals surface area contributed by atoms with Gasteiger partial charge in [-0.05, 0) is 47.5 Å². The third-order valence-corrected chi connectivity index (χ3v) is 6.22. The van der Waals surface area contributed by atoms with Gasteiger partial charge in [0.1, 0.15) is 23.7 Å². The van der Waals surface area contributed by atoms with Gasteiger partial charge in [-0.25, -0.2) is 0 Å². The summed E-state index contributed by atoms with van der Waals surface area (Å²) in [7, 11) is 0. The maximum absolute atomic E-state index is 13.5. The summed E-state index contributed by atoms with van der Waals surface area (Å²) >= 11 is 0. The van der Waals surface area contributed by atoms with Crippen molar-refractivity contribution in [2.75, 3.05) is 0 Å². The molecular formula is C29H21NO5. The molecule has 0 saturated heterocycles. The van der Waals surface area contributed by atoms with Crippen molar-refractivity contribution in [3.05, 3.63) is 136 Å². The second kappa shape index (κ2) is 8.65. The minimum atomic E-state index is -0.605. The first-order valence-electron chi connectivity index (χ1n) is 11.3. The Balaban J connectivity index is 1.39. The van der Waals surface area contributed by atoms with E-state index in [1.807, 2.05) is 54.6 Å². The maximum Gasteiger partial charge on any atom is 0.291 e. The normalized spacial score (nSPS) is 14.9. The molecule has 3 aromatic carbocycles. The fourth-order valence-corrected chi connectivity index (χ4v) is 4.53. The molecule has 1 atom stereocenters. The fraction of sp³-hybridized carbons (Fsp3) is 0.103. The highest BCUT2D eigenvalue weighted by Gasteiger charge is 2.43. The van der Waals surface area contributed by atoms with Gasteiger partial charge in [0.25, 0.3) is 5.91 Å². The van der Waals surface area contributed by atoms with E-state index < -0.39 is 6.04 Å². The molecule has 2 aromatic heterocycles. The maximum atomic E-state index is 13.5. The highest BCUT2D eigenvalue weighted by molar-refractivity contribution is 5.99. The Kier molecular flexibility index (Phi) is 5.19. The van der Waals surface area contributed by atoms with E-state index in [-0.39, 0.29) is 23.6 Å². The van der Waals surface area contributed by atoms with E-state index >= 15 is 0 Å². The summed E-state index contributed by atoms with van der Waals surface area (Å²) in [5.41, 5.74) is 2.40. The van der Waals surface area contributed by atoms with E-state index in [1.165, 1.54) is 0 Å². The zero-order chi connectivity index (χ0) is 23.8. The first-order chi connectivity index (χ1) is 17.2. The Bertz CT molecular complexity index is 1550. The van der Waals surface area contributed by atoms with Gasteiger partial charge in [-0.1, -0.05) is 54.6 Å². The largest absolute Gasteiger partial charge is 0.489 e. The van der Waals surface area contributed by atoms with Crippen molar-refractivity contribution in [3.8, 4) is 5.75 Å². The van der Waals surface area contributed by atoms with Crippen LogP contribution in [0.25, 0.3) is 11.0 Å². The Hall–Kier alpha value is -4.58. The number of amides is 1. The number of carbonyl (C=O) groups is 1. The number of furan rings is 1. The van der Waals surface area contributed by atoms with Crippen molar-refractivity contribution in [1.82, 2.24) is 4.90 Å². The number of benzene rings is 3. The van der Waals surface area contributed by atoms with E-state index in [0.717, 1.165) is 11.1 Å². The lowest BCUT2D eigenvalue weighted by atomic mass is 9.98. The van der Waals surface area contributed by atoms with E-state index in [9.17, 15) is 9.59 Å². The van der Waals surface area contributed by atoms with Crippen LogP contribution >= 0.6 is 0 Å². The predicted molar refractivity (Wildman–Crippen MR) is 130 cm³/mol. The summed E-state index contributed by atoms with van der Waals surface area (Å²) in [6.45, 7) is 0.661. The average molecular weight is 463 g/mol. The van der Waals surface area contributed by atoms with Gasteiger partial charge in [0, 0.05) is 0 Å². The lowest BCUT2D eigenvalue weighted by Crippen LogP contribution is -2.29. The van der Waals surface area contributed by atoms with Crippen LogP contribution in [0.15, 0.2) is 111 Å². The summed E-state index contributed by atoms with van der Waals surface area (Å²) in [5.74, 6) is 1.06. The highest BCUT2D eigenvalue weighted by Crippen LogP contribution is 2.39. The van der Waals surface area contributed by atoms with Crippen LogP contribution in [0, 0.1) is 0 Å². The molecular weight excluding hydrogens is 442 g/mol. The van der Waals surface area contributed by atoms with Gasteiger partial charge in [-0.3, -0.25) is 9.59 Å². The van der Waals surface area contributed by atoms with Crippen LogP contribution < -0.4 is 10.2 Å². The number of rotatable bonds is 6. The van der Waals surface area contributed by atoms with Gasteiger partial charge in [-0.15, -0.1) is 0 Å². The summed E-state index contributed by atoms with van der Waals surface area (Å²) in [4.78, 5) is 28.6. The van der Waals surface area contributed by atoms with Crippen molar-refractivity contribution >= 4 is 16.9 Å². The molecule has 1 aliphatic heterocycles. The van der Waals surface area contributed by atoms with Crippen molar-refractivity contribution < 1.29 is 18.4 Å². The molecule has 1 amide bonds. The summed E-state index contributed by atoms with van der Waals surface area (Å²) in [5, 5.41) is 0.451. The number of hydrogen-bond acceptors (Lipinski definition) is 5. The zero-order valence-corrected chi connectivity index (χ0v) is 18.7.